The summed E-state index contributed by atoms with van der Waals surface area (Å²) in [5, 5.41) is 8.15. The first-order chi connectivity index (χ1) is 11.8. The van der Waals surface area contributed by atoms with Crippen LogP contribution in [0.5, 0.6) is 0 Å². The monoisotopic (exact) mass is 338 g/mol. The number of aromatic nitrogens is 2. The Bertz CT molecular complexity index is 836. The summed E-state index contributed by atoms with van der Waals surface area (Å²) in [5.74, 6) is -0.0838. The second kappa shape index (κ2) is 6.57. The van der Waals surface area contributed by atoms with Crippen LogP contribution in [0.25, 0.3) is 10.8 Å². The van der Waals surface area contributed by atoms with E-state index in [2.05, 4.69) is 20.2 Å². The first-order valence-electron chi connectivity index (χ1n) is 8.10. The van der Waals surface area contributed by atoms with Gasteiger partial charge in [-0.05, 0) is 24.3 Å². The largest absolute Gasteiger partial charge is 0.348 e. The van der Waals surface area contributed by atoms with E-state index in [-0.39, 0.29) is 11.9 Å². The van der Waals surface area contributed by atoms with E-state index < -0.39 is 0 Å². The van der Waals surface area contributed by atoms with Gasteiger partial charge in [0, 0.05) is 42.3 Å². The van der Waals surface area contributed by atoms with Gasteiger partial charge in [-0.2, -0.15) is 0 Å². The molecule has 24 heavy (non-hydrogen) atoms. The number of hydrogen-bond acceptors (Lipinski definition) is 5. The highest BCUT2D eigenvalue weighted by atomic mass is 32.1. The second-order valence-electron chi connectivity index (χ2n) is 5.93. The molecule has 1 saturated heterocycles. The fourth-order valence-corrected chi connectivity index (χ4v) is 3.84. The fourth-order valence-electron chi connectivity index (χ4n) is 3.14. The Balaban J connectivity index is 1.43. The molecule has 0 atom stereocenters. The Kier molecular flexibility index (Phi) is 4.13. The third-order valence-corrected chi connectivity index (χ3v) is 5.24. The van der Waals surface area contributed by atoms with Gasteiger partial charge in [-0.25, -0.2) is 4.98 Å². The molecule has 5 nitrogen and oxygen atoms in total. The van der Waals surface area contributed by atoms with E-state index >= 15 is 0 Å². The maximum absolute atomic E-state index is 12.6. The Hall–Kier alpha value is -2.47. The topological polar surface area (TPSA) is 58.1 Å². The number of rotatable bonds is 3. The zero-order chi connectivity index (χ0) is 16.4. The summed E-state index contributed by atoms with van der Waals surface area (Å²) >= 11 is 1.66. The number of piperidine rings is 1. The first kappa shape index (κ1) is 15.1. The lowest BCUT2D eigenvalue weighted by atomic mass is 10.0. The third kappa shape index (κ3) is 2.97. The molecule has 3 aromatic rings. The smallest absolute Gasteiger partial charge is 0.270 e. The molecule has 0 unspecified atom stereocenters. The van der Waals surface area contributed by atoms with E-state index in [9.17, 15) is 4.79 Å². The molecule has 6 heteroatoms. The Morgan fingerprint density at radius 2 is 1.96 bits per heavy atom. The van der Waals surface area contributed by atoms with Gasteiger partial charge in [0.05, 0.1) is 0 Å². The van der Waals surface area contributed by atoms with Gasteiger partial charge >= 0.3 is 0 Å². The number of carbonyl (C=O) groups is 1. The predicted molar refractivity (Wildman–Crippen MR) is 96.6 cm³/mol. The van der Waals surface area contributed by atoms with Crippen LogP contribution in [0.15, 0.2) is 48.1 Å². The van der Waals surface area contributed by atoms with Gasteiger partial charge in [0.25, 0.3) is 5.91 Å². The van der Waals surface area contributed by atoms with Crippen molar-refractivity contribution in [2.75, 3.05) is 18.0 Å². The molecule has 1 aliphatic heterocycles. The molecule has 3 heterocycles. The van der Waals surface area contributed by atoms with Crippen LogP contribution in [-0.2, 0) is 0 Å². The number of thiazole rings is 1. The number of carbonyl (C=O) groups excluding carboxylic acids is 1. The molecule has 1 fully saturated rings. The van der Waals surface area contributed by atoms with Gasteiger partial charge in [0.2, 0.25) is 0 Å². The van der Waals surface area contributed by atoms with Crippen LogP contribution in [0, 0.1) is 0 Å². The minimum Gasteiger partial charge on any atom is -0.348 e. The summed E-state index contributed by atoms with van der Waals surface area (Å²) in [6.07, 6.45) is 5.38. The van der Waals surface area contributed by atoms with E-state index in [1.807, 2.05) is 41.9 Å². The van der Waals surface area contributed by atoms with Crippen molar-refractivity contribution in [2.45, 2.75) is 18.9 Å². The molecule has 1 amide bonds. The van der Waals surface area contributed by atoms with Crippen molar-refractivity contribution in [3.63, 3.8) is 0 Å². The van der Waals surface area contributed by atoms with Gasteiger partial charge < -0.3 is 10.2 Å². The summed E-state index contributed by atoms with van der Waals surface area (Å²) < 4.78 is 0. The number of nitrogens with zero attached hydrogens (tertiary/aromatic N) is 3. The van der Waals surface area contributed by atoms with Gasteiger partial charge in [-0.1, -0.05) is 24.3 Å². The van der Waals surface area contributed by atoms with E-state index in [1.165, 1.54) is 0 Å². The van der Waals surface area contributed by atoms with Crippen molar-refractivity contribution in [1.82, 2.24) is 15.3 Å². The zero-order valence-electron chi connectivity index (χ0n) is 13.2. The number of amides is 1. The molecule has 1 aliphatic rings. The van der Waals surface area contributed by atoms with Crippen LogP contribution >= 0.6 is 11.3 Å². The number of nitrogens with one attached hydrogen (secondary N) is 1. The number of anilines is 1. The maximum atomic E-state index is 12.6. The zero-order valence-corrected chi connectivity index (χ0v) is 14.0. The van der Waals surface area contributed by atoms with Gasteiger partial charge in [0.1, 0.15) is 5.69 Å². The van der Waals surface area contributed by atoms with Crippen molar-refractivity contribution in [1.29, 1.82) is 0 Å². The van der Waals surface area contributed by atoms with Crippen LogP contribution < -0.4 is 10.2 Å². The predicted octanol–water partition coefficient (Wildman–Crippen LogP) is 3.09. The molecule has 0 aliphatic carbocycles. The average Bonchev–Trinajstić information content (AvgIpc) is 3.16. The van der Waals surface area contributed by atoms with E-state index in [0.717, 1.165) is 41.8 Å². The van der Waals surface area contributed by atoms with Gasteiger partial charge in [0.15, 0.2) is 5.13 Å². The summed E-state index contributed by atoms with van der Waals surface area (Å²) in [5.41, 5.74) is 0.510. The summed E-state index contributed by atoms with van der Waals surface area (Å²) in [6.45, 7) is 1.84. The third-order valence-electron chi connectivity index (χ3n) is 4.41. The quantitative estimate of drug-likeness (QED) is 0.797. The van der Waals surface area contributed by atoms with Gasteiger partial charge in [-0.3, -0.25) is 9.78 Å². The molecule has 0 saturated carbocycles. The number of hydrogen-bond donors (Lipinski definition) is 1. The Morgan fingerprint density at radius 1 is 1.12 bits per heavy atom. The van der Waals surface area contributed by atoms with Crippen LogP contribution in [0.1, 0.15) is 23.3 Å². The lowest BCUT2D eigenvalue weighted by Crippen LogP contribution is -2.44. The molecule has 4 rings (SSSR count). The van der Waals surface area contributed by atoms with Crippen molar-refractivity contribution >= 4 is 33.1 Å². The first-order valence-corrected chi connectivity index (χ1v) is 8.98. The van der Waals surface area contributed by atoms with Crippen molar-refractivity contribution in [2.24, 2.45) is 0 Å². The Labute approximate surface area is 144 Å². The highest BCUT2D eigenvalue weighted by Crippen LogP contribution is 2.22. The normalized spacial score (nSPS) is 15.6. The highest BCUT2D eigenvalue weighted by Gasteiger charge is 2.23. The molecular weight excluding hydrogens is 320 g/mol. The van der Waals surface area contributed by atoms with Gasteiger partial charge in [-0.15, -0.1) is 11.3 Å². The molecule has 1 N–H and O–H groups in total. The summed E-state index contributed by atoms with van der Waals surface area (Å²) in [4.78, 5) is 23.6. The molecule has 2 aromatic heterocycles. The van der Waals surface area contributed by atoms with Crippen LogP contribution in [0.3, 0.4) is 0 Å². The average molecular weight is 338 g/mol. The SMILES string of the molecule is O=C(NC1CCN(c2nccs2)CC1)c1nccc2ccccc12. The summed E-state index contributed by atoms with van der Waals surface area (Å²) in [6, 6.07) is 9.97. The maximum Gasteiger partial charge on any atom is 0.270 e. The van der Waals surface area contributed by atoms with Crippen LogP contribution in [-0.4, -0.2) is 35.0 Å². The highest BCUT2D eigenvalue weighted by molar-refractivity contribution is 7.13. The van der Waals surface area contributed by atoms with E-state index in [1.54, 1.807) is 17.5 Å². The van der Waals surface area contributed by atoms with E-state index in [4.69, 9.17) is 0 Å². The Morgan fingerprint density at radius 3 is 2.75 bits per heavy atom. The molecule has 1 aromatic carbocycles. The van der Waals surface area contributed by atoms with Crippen LogP contribution in [0.2, 0.25) is 0 Å². The summed E-state index contributed by atoms with van der Waals surface area (Å²) in [7, 11) is 0. The second-order valence-corrected chi connectivity index (χ2v) is 6.80. The lowest BCUT2D eigenvalue weighted by molar-refractivity contribution is 0.0928. The molecule has 0 bridgehead atoms. The minimum absolute atomic E-state index is 0.0838. The standard InChI is InChI=1S/C18H18N4OS/c23-17(16-15-4-2-1-3-13(15)5-8-19-16)21-14-6-10-22(11-7-14)18-20-9-12-24-18/h1-5,8-9,12,14H,6-7,10-11H2,(H,21,23). The minimum atomic E-state index is -0.0838. The van der Waals surface area contributed by atoms with E-state index in [0.29, 0.717) is 5.69 Å². The van der Waals surface area contributed by atoms with Crippen molar-refractivity contribution in [3.8, 4) is 0 Å². The molecule has 122 valence electrons. The molecule has 0 radical (unpaired) electrons. The number of benzene rings is 1. The van der Waals surface area contributed by atoms with Crippen molar-refractivity contribution in [3.05, 3.63) is 53.8 Å². The number of pyridine rings is 1. The van der Waals surface area contributed by atoms with Crippen LogP contribution in [0.4, 0.5) is 5.13 Å². The number of fused-ring (bicyclic) bond motifs is 1. The fraction of sp³-hybridized carbons (Fsp3) is 0.278. The molecular formula is C18H18N4OS. The lowest BCUT2D eigenvalue weighted by Gasteiger charge is -2.32. The van der Waals surface area contributed by atoms with Crippen molar-refractivity contribution < 1.29 is 4.79 Å². The molecule has 0 spiro atoms.